The molecule has 18 heavy (non-hydrogen) atoms. The lowest BCUT2D eigenvalue weighted by atomic mass is 10.1. The molecule has 0 atom stereocenters. The summed E-state index contributed by atoms with van der Waals surface area (Å²) in [6.45, 7) is 7.56. The Balaban J connectivity index is 2.09. The summed E-state index contributed by atoms with van der Waals surface area (Å²) in [5.41, 5.74) is 2.14. The maximum absolute atomic E-state index is 5.46. The van der Waals surface area contributed by atoms with Crippen molar-refractivity contribution in [2.45, 2.75) is 26.3 Å². The fourth-order valence-corrected chi connectivity index (χ4v) is 2.55. The summed E-state index contributed by atoms with van der Waals surface area (Å²) >= 11 is 8.93. The second kappa shape index (κ2) is 5.15. The number of aryl methyl sites for hydroxylation is 1. The van der Waals surface area contributed by atoms with Gasteiger partial charge < -0.3 is 15.0 Å². The van der Waals surface area contributed by atoms with E-state index in [2.05, 4.69) is 53.0 Å². The molecule has 1 aromatic carbocycles. The van der Waals surface area contributed by atoms with Crippen LogP contribution in [0.15, 0.2) is 22.7 Å². The first-order chi connectivity index (χ1) is 8.40. The van der Waals surface area contributed by atoms with Crippen LogP contribution in [0.4, 0.5) is 5.69 Å². The molecule has 0 spiro atoms. The summed E-state index contributed by atoms with van der Waals surface area (Å²) in [5, 5.41) is 3.97. The van der Waals surface area contributed by atoms with E-state index in [1.165, 1.54) is 5.56 Å². The van der Waals surface area contributed by atoms with Gasteiger partial charge in [0, 0.05) is 10.2 Å². The van der Waals surface area contributed by atoms with E-state index in [0.717, 1.165) is 10.2 Å². The maximum Gasteiger partial charge on any atom is 0.175 e. The van der Waals surface area contributed by atoms with E-state index >= 15 is 0 Å². The van der Waals surface area contributed by atoms with Crippen LogP contribution in [0.1, 0.15) is 19.4 Å². The van der Waals surface area contributed by atoms with E-state index < -0.39 is 0 Å². The van der Waals surface area contributed by atoms with Crippen molar-refractivity contribution in [1.29, 1.82) is 0 Å². The third-order valence-corrected chi connectivity index (χ3v) is 4.27. The van der Waals surface area contributed by atoms with Crippen LogP contribution in [-0.4, -0.2) is 28.9 Å². The molecular formula is C13H17BrN2OS. The summed E-state index contributed by atoms with van der Waals surface area (Å²) < 4.78 is 6.57. The van der Waals surface area contributed by atoms with Crippen LogP contribution in [0, 0.1) is 6.92 Å². The number of hydrogen-bond donors (Lipinski definition) is 1. The van der Waals surface area contributed by atoms with E-state index in [9.17, 15) is 0 Å². The Morgan fingerprint density at radius 2 is 2.22 bits per heavy atom. The highest BCUT2D eigenvalue weighted by atomic mass is 79.9. The highest BCUT2D eigenvalue weighted by Crippen LogP contribution is 2.24. The Kier molecular flexibility index (Phi) is 3.94. The number of ether oxygens (including phenoxy) is 1. The summed E-state index contributed by atoms with van der Waals surface area (Å²) in [5.74, 6) is 0. The molecule has 1 saturated heterocycles. The van der Waals surface area contributed by atoms with E-state index in [-0.39, 0.29) is 5.54 Å². The van der Waals surface area contributed by atoms with E-state index in [4.69, 9.17) is 17.0 Å². The Morgan fingerprint density at radius 1 is 1.50 bits per heavy atom. The number of benzene rings is 1. The summed E-state index contributed by atoms with van der Waals surface area (Å²) in [6, 6.07) is 6.10. The minimum Gasteiger partial charge on any atom is -0.359 e. The molecule has 0 unspecified atom stereocenters. The summed E-state index contributed by atoms with van der Waals surface area (Å²) in [4.78, 5) is 2.07. The predicted molar refractivity (Wildman–Crippen MR) is 81.8 cm³/mol. The molecule has 0 saturated carbocycles. The Hall–Kier alpha value is -0.650. The largest absolute Gasteiger partial charge is 0.359 e. The number of thiocarbonyl (C=S) groups is 1. The van der Waals surface area contributed by atoms with Crippen molar-refractivity contribution in [2.24, 2.45) is 0 Å². The Labute approximate surface area is 122 Å². The van der Waals surface area contributed by atoms with Gasteiger partial charge in [0.05, 0.1) is 12.1 Å². The molecule has 1 heterocycles. The van der Waals surface area contributed by atoms with Gasteiger partial charge in [-0.1, -0.05) is 15.9 Å². The van der Waals surface area contributed by atoms with Crippen molar-refractivity contribution >= 4 is 38.9 Å². The minimum atomic E-state index is -0.0471. The zero-order valence-electron chi connectivity index (χ0n) is 10.8. The van der Waals surface area contributed by atoms with Crippen LogP contribution in [-0.2, 0) is 4.74 Å². The molecule has 1 N–H and O–H groups in total. The van der Waals surface area contributed by atoms with Crippen molar-refractivity contribution < 1.29 is 4.74 Å². The van der Waals surface area contributed by atoms with Gasteiger partial charge in [-0.2, -0.15) is 0 Å². The van der Waals surface area contributed by atoms with Gasteiger partial charge in [-0.3, -0.25) is 0 Å². The van der Waals surface area contributed by atoms with Gasteiger partial charge in [0.25, 0.3) is 0 Å². The number of anilines is 1. The average molecular weight is 329 g/mol. The highest BCUT2D eigenvalue weighted by Gasteiger charge is 2.34. The topological polar surface area (TPSA) is 24.5 Å². The van der Waals surface area contributed by atoms with Crippen molar-refractivity contribution in [2.75, 3.05) is 18.7 Å². The quantitative estimate of drug-likeness (QED) is 0.797. The molecular weight excluding hydrogens is 312 g/mol. The van der Waals surface area contributed by atoms with Crippen molar-refractivity contribution in [3.05, 3.63) is 28.2 Å². The molecule has 5 heteroatoms. The molecule has 1 aliphatic heterocycles. The van der Waals surface area contributed by atoms with Crippen LogP contribution >= 0.6 is 28.1 Å². The molecule has 0 amide bonds. The number of rotatable bonds is 1. The number of halogens is 1. The van der Waals surface area contributed by atoms with Gasteiger partial charge in [-0.25, -0.2) is 0 Å². The molecule has 0 bridgehead atoms. The molecule has 1 aromatic rings. The van der Waals surface area contributed by atoms with E-state index in [1.54, 1.807) is 0 Å². The lowest BCUT2D eigenvalue weighted by Gasteiger charge is -2.31. The minimum absolute atomic E-state index is 0.0471. The van der Waals surface area contributed by atoms with Crippen LogP contribution in [0.3, 0.4) is 0 Å². The summed E-state index contributed by atoms with van der Waals surface area (Å²) in [7, 11) is 0. The van der Waals surface area contributed by atoms with Crippen molar-refractivity contribution in [3.63, 3.8) is 0 Å². The van der Waals surface area contributed by atoms with Crippen LogP contribution in [0.5, 0.6) is 0 Å². The summed E-state index contributed by atoms with van der Waals surface area (Å²) in [6.07, 6.45) is 0. The number of nitrogens with one attached hydrogen (secondary N) is 1. The second-order valence-corrected chi connectivity index (χ2v) is 6.35. The molecule has 1 aliphatic rings. The average Bonchev–Trinajstić information content (AvgIpc) is 2.63. The first-order valence-corrected chi connectivity index (χ1v) is 7.03. The zero-order chi connectivity index (χ0) is 13.3. The van der Waals surface area contributed by atoms with Crippen LogP contribution in [0.2, 0.25) is 0 Å². The van der Waals surface area contributed by atoms with Gasteiger partial charge in [0.2, 0.25) is 0 Å². The molecule has 0 radical (unpaired) electrons. The smallest absolute Gasteiger partial charge is 0.175 e. The van der Waals surface area contributed by atoms with Gasteiger partial charge >= 0.3 is 0 Å². The standard InChI is InChI=1S/C13H17BrN2OS/c1-9-6-10(4-5-11(9)14)15-12(18)16-8-17-7-13(16,2)3/h4-6H,7-8H2,1-3H3,(H,15,18). The third kappa shape index (κ3) is 2.84. The van der Waals surface area contributed by atoms with Gasteiger partial charge in [-0.05, 0) is 56.8 Å². The lowest BCUT2D eigenvalue weighted by Crippen LogP contribution is -2.46. The highest BCUT2D eigenvalue weighted by molar-refractivity contribution is 9.10. The van der Waals surface area contributed by atoms with Crippen molar-refractivity contribution in [1.82, 2.24) is 4.90 Å². The molecule has 1 fully saturated rings. The molecule has 0 aromatic heterocycles. The normalized spacial score (nSPS) is 17.9. The first-order valence-electron chi connectivity index (χ1n) is 5.83. The van der Waals surface area contributed by atoms with Gasteiger partial charge in [0.15, 0.2) is 5.11 Å². The molecule has 0 aliphatic carbocycles. The van der Waals surface area contributed by atoms with Crippen LogP contribution in [0.25, 0.3) is 0 Å². The van der Waals surface area contributed by atoms with Crippen LogP contribution < -0.4 is 5.32 Å². The molecule has 3 nitrogen and oxygen atoms in total. The van der Waals surface area contributed by atoms with E-state index in [1.807, 2.05) is 12.1 Å². The monoisotopic (exact) mass is 328 g/mol. The Morgan fingerprint density at radius 3 is 2.78 bits per heavy atom. The third-order valence-electron chi connectivity index (χ3n) is 3.06. The Bertz CT molecular complexity index is 476. The first kappa shape index (κ1) is 13.8. The molecule has 98 valence electrons. The van der Waals surface area contributed by atoms with Gasteiger partial charge in [-0.15, -0.1) is 0 Å². The maximum atomic E-state index is 5.46. The predicted octanol–water partition coefficient (Wildman–Crippen LogP) is 3.52. The fraction of sp³-hybridized carbons (Fsp3) is 0.462. The number of hydrogen-bond acceptors (Lipinski definition) is 2. The SMILES string of the molecule is Cc1cc(NC(=S)N2COCC2(C)C)ccc1Br. The fourth-order valence-electron chi connectivity index (χ4n) is 1.89. The zero-order valence-corrected chi connectivity index (χ0v) is 13.2. The van der Waals surface area contributed by atoms with E-state index in [0.29, 0.717) is 18.5 Å². The van der Waals surface area contributed by atoms with Gasteiger partial charge in [0.1, 0.15) is 6.73 Å². The van der Waals surface area contributed by atoms with Crippen molar-refractivity contribution in [3.8, 4) is 0 Å². The lowest BCUT2D eigenvalue weighted by molar-refractivity contribution is 0.169. The second-order valence-electron chi connectivity index (χ2n) is 5.11. The number of nitrogens with zero attached hydrogens (tertiary/aromatic N) is 1. The molecule has 2 rings (SSSR count).